The van der Waals surface area contributed by atoms with E-state index in [1.807, 2.05) is 24.3 Å². The van der Waals surface area contributed by atoms with Crippen molar-refractivity contribution in [2.75, 3.05) is 6.54 Å². The quantitative estimate of drug-likeness (QED) is 0.865. The van der Waals surface area contributed by atoms with Gasteiger partial charge < -0.3 is 5.32 Å². The number of nitrogens with one attached hydrogen (secondary N) is 1. The topological polar surface area (TPSA) is 29.1 Å². The normalized spacial score (nSPS) is 16.0. The van der Waals surface area contributed by atoms with Gasteiger partial charge in [-0.1, -0.05) is 24.3 Å². The number of halogens is 3. The molecule has 0 saturated carbocycles. The summed E-state index contributed by atoms with van der Waals surface area (Å²) in [5.74, 6) is -4.71. The number of hydrogen-bond acceptors (Lipinski definition) is 1. The Morgan fingerprint density at radius 3 is 2.48 bits per heavy atom. The summed E-state index contributed by atoms with van der Waals surface area (Å²) in [5, 5.41) is 2.62. The van der Waals surface area contributed by atoms with E-state index in [1.165, 1.54) is 11.1 Å². The Hall–Kier alpha value is -2.30. The minimum atomic E-state index is -1.57. The summed E-state index contributed by atoms with van der Waals surface area (Å²) in [6.45, 7) is 0.385. The summed E-state index contributed by atoms with van der Waals surface area (Å²) < 4.78 is 39.0. The number of carbonyl (C=O) groups excluding carboxylic acids is 1. The Bertz CT molecular complexity index is 691. The molecule has 0 saturated heterocycles. The van der Waals surface area contributed by atoms with Crippen LogP contribution in [0.4, 0.5) is 13.2 Å². The van der Waals surface area contributed by atoms with Crippen LogP contribution >= 0.6 is 0 Å². The first-order valence-electron chi connectivity index (χ1n) is 6.57. The maximum Gasteiger partial charge on any atom is 0.251 e. The molecule has 1 atom stereocenters. The molecule has 0 radical (unpaired) electrons. The van der Waals surface area contributed by atoms with Crippen LogP contribution in [0.1, 0.15) is 27.4 Å². The molecule has 21 heavy (non-hydrogen) atoms. The molecule has 2 aromatic rings. The van der Waals surface area contributed by atoms with Crippen molar-refractivity contribution in [2.45, 2.75) is 12.3 Å². The molecule has 5 heteroatoms. The van der Waals surface area contributed by atoms with Gasteiger partial charge >= 0.3 is 0 Å². The summed E-state index contributed by atoms with van der Waals surface area (Å²) >= 11 is 0. The molecule has 0 spiro atoms. The fourth-order valence-electron chi connectivity index (χ4n) is 2.55. The van der Waals surface area contributed by atoms with Gasteiger partial charge in [-0.25, -0.2) is 13.2 Å². The molecular formula is C16H12F3NO. The molecule has 1 N–H and O–H groups in total. The van der Waals surface area contributed by atoms with Gasteiger partial charge in [0, 0.05) is 18.0 Å². The number of amides is 1. The molecule has 1 aliphatic carbocycles. The molecule has 0 heterocycles. The van der Waals surface area contributed by atoms with E-state index in [1.54, 1.807) is 0 Å². The average molecular weight is 291 g/mol. The van der Waals surface area contributed by atoms with Crippen molar-refractivity contribution >= 4 is 5.91 Å². The SMILES string of the molecule is O=C(NCC1Cc2ccccc21)c1cc(F)c(F)c(F)c1. The molecular weight excluding hydrogens is 279 g/mol. The van der Waals surface area contributed by atoms with Crippen LogP contribution in [-0.4, -0.2) is 12.5 Å². The molecule has 108 valence electrons. The van der Waals surface area contributed by atoms with Gasteiger partial charge in [0.05, 0.1) is 0 Å². The Labute approximate surface area is 119 Å². The number of benzene rings is 2. The van der Waals surface area contributed by atoms with Crippen LogP contribution in [0.15, 0.2) is 36.4 Å². The molecule has 2 nitrogen and oxygen atoms in total. The fourth-order valence-corrected chi connectivity index (χ4v) is 2.55. The molecule has 1 unspecified atom stereocenters. The Morgan fingerprint density at radius 2 is 1.81 bits per heavy atom. The van der Waals surface area contributed by atoms with Crippen LogP contribution in [0.3, 0.4) is 0 Å². The lowest BCUT2D eigenvalue weighted by Gasteiger charge is -2.30. The Morgan fingerprint density at radius 1 is 1.14 bits per heavy atom. The second-order valence-electron chi connectivity index (χ2n) is 5.06. The van der Waals surface area contributed by atoms with Crippen molar-refractivity contribution in [1.82, 2.24) is 5.32 Å². The minimum Gasteiger partial charge on any atom is -0.351 e. The minimum absolute atomic E-state index is 0.209. The van der Waals surface area contributed by atoms with Crippen LogP contribution in [0.25, 0.3) is 0 Å². The molecule has 1 amide bonds. The highest BCUT2D eigenvalue weighted by Gasteiger charge is 2.26. The van der Waals surface area contributed by atoms with Crippen LogP contribution in [-0.2, 0) is 6.42 Å². The van der Waals surface area contributed by atoms with E-state index < -0.39 is 23.4 Å². The zero-order valence-corrected chi connectivity index (χ0v) is 11.0. The molecule has 0 aliphatic heterocycles. The van der Waals surface area contributed by atoms with Gasteiger partial charge in [-0.05, 0) is 29.7 Å². The molecule has 2 aromatic carbocycles. The maximum atomic E-state index is 13.1. The smallest absolute Gasteiger partial charge is 0.251 e. The average Bonchev–Trinajstić information content (AvgIpc) is 2.45. The van der Waals surface area contributed by atoms with Crippen LogP contribution < -0.4 is 5.32 Å². The van der Waals surface area contributed by atoms with E-state index >= 15 is 0 Å². The lowest BCUT2D eigenvalue weighted by atomic mass is 9.77. The third kappa shape index (κ3) is 2.51. The zero-order valence-electron chi connectivity index (χ0n) is 11.0. The highest BCUT2D eigenvalue weighted by molar-refractivity contribution is 5.94. The van der Waals surface area contributed by atoms with Gasteiger partial charge in [0.2, 0.25) is 0 Å². The van der Waals surface area contributed by atoms with Gasteiger partial charge in [-0.2, -0.15) is 0 Å². The summed E-state index contributed by atoms with van der Waals surface area (Å²) in [5.41, 5.74) is 2.20. The fraction of sp³-hybridized carbons (Fsp3) is 0.188. The van der Waals surface area contributed by atoms with Gasteiger partial charge in [0.15, 0.2) is 17.5 Å². The van der Waals surface area contributed by atoms with E-state index in [4.69, 9.17) is 0 Å². The molecule has 1 aliphatic rings. The van der Waals surface area contributed by atoms with Crippen LogP contribution in [0.2, 0.25) is 0 Å². The second-order valence-corrected chi connectivity index (χ2v) is 5.06. The van der Waals surface area contributed by atoms with Gasteiger partial charge in [0.1, 0.15) is 0 Å². The lowest BCUT2D eigenvalue weighted by molar-refractivity contribution is 0.0949. The van der Waals surface area contributed by atoms with Gasteiger partial charge in [-0.15, -0.1) is 0 Å². The highest BCUT2D eigenvalue weighted by Crippen LogP contribution is 2.34. The summed E-state index contributed by atoms with van der Waals surface area (Å²) in [4.78, 5) is 11.8. The van der Waals surface area contributed by atoms with E-state index in [2.05, 4.69) is 5.32 Å². The van der Waals surface area contributed by atoms with Crippen molar-refractivity contribution in [3.63, 3.8) is 0 Å². The third-order valence-electron chi connectivity index (χ3n) is 3.72. The van der Waals surface area contributed by atoms with E-state index in [-0.39, 0.29) is 11.5 Å². The van der Waals surface area contributed by atoms with E-state index in [9.17, 15) is 18.0 Å². The van der Waals surface area contributed by atoms with Crippen molar-refractivity contribution < 1.29 is 18.0 Å². The largest absolute Gasteiger partial charge is 0.351 e. The van der Waals surface area contributed by atoms with Crippen LogP contribution in [0.5, 0.6) is 0 Å². The van der Waals surface area contributed by atoms with Crippen molar-refractivity contribution in [1.29, 1.82) is 0 Å². The lowest BCUT2D eigenvalue weighted by Crippen LogP contribution is -2.33. The molecule has 3 rings (SSSR count). The Balaban J connectivity index is 1.66. The Kier molecular flexibility index (Phi) is 3.41. The summed E-state index contributed by atoms with van der Waals surface area (Å²) in [6, 6.07) is 9.30. The number of fused-ring (bicyclic) bond motifs is 1. The monoisotopic (exact) mass is 291 g/mol. The predicted molar refractivity (Wildman–Crippen MR) is 71.5 cm³/mol. The third-order valence-corrected chi connectivity index (χ3v) is 3.72. The number of hydrogen-bond donors (Lipinski definition) is 1. The molecule has 0 fully saturated rings. The predicted octanol–water partition coefficient (Wildman–Crippen LogP) is 3.17. The van der Waals surface area contributed by atoms with E-state index in [0.717, 1.165) is 6.42 Å². The number of rotatable bonds is 3. The second kappa shape index (κ2) is 5.24. The van der Waals surface area contributed by atoms with Crippen LogP contribution in [0, 0.1) is 17.5 Å². The summed E-state index contributed by atoms with van der Waals surface area (Å²) in [7, 11) is 0. The summed E-state index contributed by atoms with van der Waals surface area (Å²) in [6.07, 6.45) is 0.864. The first kappa shape index (κ1) is 13.7. The van der Waals surface area contributed by atoms with E-state index in [0.29, 0.717) is 18.7 Å². The van der Waals surface area contributed by atoms with Gasteiger partial charge in [-0.3, -0.25) is 4.79 Å². The number of carbonyl (C=O) groups is 1. The zero-order chi connectivity index (χ0) is 15.0. The van der Waals surface area contributed by atoms with Crippen molar-refractivity contribution in [3.8, 4) is 0 Å². The molecule has 0 bridgehead atoms. The highest BCUT2D eigenvalue weighted by atomic mass is 19.2. The van der Waals surface area contributed by atoms with Gasteiger partial charge in [0.25, 0.3) is 5.91 Å². The first-order valence-corrected chi connectivity index (χ1v) is 6.57. The first-order chi connectivity index (χ1) is 10.1. The molecule has 0 aromatic heterocycles. The van der Waals surface area contributed by atoms with Crippen molar-refractivity contribution in [3.05, 3.63) is 70.5 Å². The van der Waals surface area contributed by atoms with Crippen molar-refractivity contribution in [2.24, 2.45) is 0 Å². The maximum absolute atomic E-state index is 13.1. The standard InChI is InChI=1S/C16H12F3NO/c17-13-6-10(7-14(18)15(13)19)16(21)20-8-11-5-9-3-1-2-4-12(9)11/h1-4,6-7,11H,5,8H2,(H,20,21).